The Balaban J connectivity index is 3.74. The van der Waals surface area contributed by atoms with Crippen LogP contribution in [0.4, 0.5) is 0 Å². The molecule has 0 aromatic rings. The fraction of sp³-hybridized carbons (Fsp3) is 0.818. The van der Waals surface area contributed by atoms with Crippen molar-refractivity contribution in [2.24, 2.45) is 4.99 Å². The fourth-order valence-electron chi connectivity index (χ4n) is 1.11. The normalized spacial score (nSPS) is 11.1. The first kappa shape index (κ1) is 14.7. The van der Waals surface area contributed by atoms with Gasteiger partial charge in [-0.05, 0) is 13.3 Å². The third-order valence-corrected chi connectivity index (χ3v) is 1.92. The van der Waals surface area contributed by atoms with Crippen LogP contribution in [0.1, 0.15) is 33.6 Å². The molecule has 1 amide bonds. The first-order valence-electron chi connectivity index (χ1n) is 5.97. The van der Waals surface area contributed by atoms with Crippen molar-refractivity contribution in [2.45, 2.75) is 33.6 Å². The van der Waals surface area contributed by atoms with Crippen LogP contribution in [0.2, 0.25) is 0 Å². The number of unbranched alkanes of at least 4 members (excludes halogenated alkanes) is 1. The molecule has 0 aromatic heterocycles. The molecule has 0 radical (unpaired) electrons. The number of carbonyl (C=O) groups excluding carboxylic acids is 1. The Hall–Kier alpha value is -1.26. The maximum atomic E-state index is 10.6. The number of nitrogens with one attached hydrogen (secondary N) is 3. The Kier molecular flexibility index (Phi) is 9.46. The third-order valence-electron chi connectivity index (χ3n) is 1.92. The predicted octanol–water partition coefficient (Wildman–Crippen LogP) is 0.478. The fourth-order valence-corrected chi connectivity index (χ4v) is 1.11. The maximum absolute atomic E-state index is 10.6. The number of rotatable bonds is 7. The van der Waals surface area contributed by atoms with Gasteiger partial charge in [0.05, 0.1) is 0 Å². The Morgan fingerprint density at radius 3 is 2.38 bits per heavy atom. The molecule has 3 N–H and O–H groups in total. The molecule has 94 valence electrons. The van der Waals surface area contributed by atoms with Crippen molar-refractivity contribution in [3.63, 3.8) is 0 Å². The summed E-state index contributed by atoms with van der Waals surface area (Å²) in [5.74, 6) is 0.816. The molecule has 0 unspecified atom stereocenters. The summed E-state index contributed by atoms with van der Waals surface area (Å²) in [6.45, 7) is 8.69. The van der Waals surface area contributed by atoms with Crippen molar-refractivity contribution >= 4 is 11.9 Å². The van der Waals surface area contributed by atoms with E-state index in [1.165, 1.54) is 6.92 Å². The summed E-state index contributed by atoms with van der Waals surface area (Å²) in [7, 11) is 0. The van der Waals surface area contributed by atoms with E-state index in [-0.39, 0.29) is 5.91 Å². The van der Waals surface area contributed by atoms with Crippen LogP contribution in [-0.2, 0) is 4.79 Å². The van der Waals surface area contributed by atoms with Gasteiger partial charge < -0.3 is 16.0 Å². The molecular formula is C11H24N4O. The van der Waals surface area contributed by atoms with E-state index < -0.39 is 0 Å². The van der Waals surface area contributed by atoms with Gasteiger partial charge in [0.15, 0.2) is 5.96 Å². The molecule has 0 aromatic carbocycles. The SMILES string of the molecule is CCCCN=C(NCC)NCCNC(C)=O. The lowest BCUT2D eigenvalue weighted by atomic mass is 10.3. The van der Waals surface area contributed by atoms with E-state index >= 15 is 0 Å². The molecule has 0 aliphatic carbocycles. The summed E-state index contributed by atoms with van der Waals surface area (Å²) < 4.78 is 0. The second-order valence-electron chi connectivity index (χ2n) is 3.52. The molecular weight excluding hydrogens is 204 g/mol. The van der Waals surface area contributed by atoms with Gasteiger partial charge in [-0.2, -0.15) is 0 Å². The molecule has 0 atom stereocenters. The van der Waals surface area contributed by atoms with Crippen LogP contribution in [0.15, 0.2) is 4.99 Å². The Morgan fingerprint density at radius 1 is 1.12 bits per heavy atom. The number of carbonyl (C=O) groups is 1. The number of amides is 1. The molecule has 16 heavy (non-hydrogen) atoms. The molecule has 0 saturated carbocycles. The van der Waals surface area contributed by atoms with Crippen LogP contribution >= 0.6 is 0 Å². The minimum Gasteiger partial charge on any atom is -0.357 e. The van der Waals surface area contributed by atoms with E-state index in [4.69, 9.17) is 0 Å². The molecule has 0 bridgehead atoms. The van der Waals surface area contributed by atoms with Gasteiger partial charge in [-0.1, -0.05) is 13.3 Å². The van der Waals surface area contributed by atoms with Gasteiger partial charge in [0.1, 0.15) is 0 Å². The number of nitrogens with zero attached hydrogens (tertiary/aromatic N) is 1. The summed E-state index contributed by atoms with van der Waals surface area (Å²) in [6, 6.07) is 0. The van der Waals surface area contributed by atoms with Crippen molar-refractivity contribution in [1.29, 1.82) is 0 Å². The largest absolute Gasteiger partial charge is 0.357 e. The summed E-state index contributed by atoms with van der Waals surface area (Å²) in [4.78, 5) is 15.0. The topological polar surface area (TPSA) is 65.5 Å². The lowest BCUT2D eigenvalue weighted by Crippen LogP contribution is -2.41. The molecule has 0 heterocycles. The first-order chi connectivity index (χ1) is 7.70. The highest BCUT2D eigenvalue weighted by molar-refractivity contribution is 5.79. The van der Waals surface area contributed by atoms with Crippen LogP contribution in [0, 0.1) is 0 Å². The van der Waals surface area contributed by atoms with Crippen molar-refractivity contribution in [3.05, 3.63) is 0 Å². The Labute approximate surface area is 98.1 Å². The summed E-state index contributed by atoms with van der Waals surface area (Å²) >= 11 is 0. The second kappa shape index (κ2) is 10.3. The van der Waals surface area contributed by atoms with E-state index in [0.29, 0.717) is 13.1 Å². The molecule has 0 rings (SSSR count). The molecule has 0 spiro atoms. The minimum absolute atomic E-state index is 0.00489. The van der Waals surface area contributed by atoms with Crippen LogP contribution < -0.4 is 16.0 Å². The van der Waals surface area contributed by atoms with E-state index in [9.17, 15) is 4.79 Å². The lowest BCUT2D eigenvalue weighted by Gasteiger charge is -2.11. The van der Waals surface area contributed by atoms with Gasteiger partial charge in [0.25, 0.3) is 0 Å². The first-order valence-corrected chi connectivity index (χ1v) is 5.97. The van der Waals surface area contributed by atoms with E-state index in [1.54, 1.807) is 0 Å². The zero-order valence-electron chi connectivity index (χ0n) is 10.6. The number of hydrogen-bond donors (Lipinski definition) is 3. The summed E-state index contributed by atoms with van der Waals surface area (Å²) in [5.41, 5.74) is 0. The lowest BCUT2D eigenvalue weighted by molar-refractivity contribution is -0.118. The molecule has 0 fully saturated rings. The number of hydrogen-bond acceptors (Lipinski definition) is 2. The van der Waals surface area contributed by atoms with Gasteiger partial charge in [0, 0.05) is 33.1 Å². The third kappa shape index (κ3) is 9.30. The van der Waals surface area contributed by atoms with Crippen LogP contribution in [0.25, 0.3) is 0 Å². The van der Waals surface area contributed by atoms with E-state index in [0.717, 1.165) is 31.9 Å². The number of guanidine groups is 1. The second-order valence-corrected chi connectivity index (χ2v) is 3.52. The zero-order valence-corrected chi connectivity index (χ0v) is 10.6. The molecule has 0 saturated heterocycles. The molecule has 0 aliphatic heterocycles. The van der Waals surface area contributed by atoms with Crippen molar-refractivity contribution in [2.75, 3.05) is 26.2 Å². The van der Waals surface area contributed by atoms with E-state index in [1.807, 2.05) is 6.92 Å². The van der Waals surface area contributed by atoms with Gasteiger partial charge in [0.2, 0.25) is 5.91 Å². The predicted molar refractivity (Wildman–Crippen MR) is 67.6 cm³/mol. The number of aliphatic imine (C=N–C) groups is 1. The summed E-state index contributed by atoms with van der Waals surface area (Å²) in [6.07, 6.45) is 2.25. The minimum atomic E-state index is -0.00489. The van der Waals surface area contributed by atoms with Crippen molar-refractivity contribution < 1.29 is 4.79 Å². The molecule has 5 nitrogen and oxygen atoms in total. The maximum Gasteiger partial charge on any atom is 0.216 e. The highest BCUT2D eigenvalue weighted by Crippen LogP contribution is 1.86. The van der Waals surface area contributed by atoms with Crippen LogP contribution in [0.5, 0.6) is 0 Å². The van der Waals surface area contributed by atoms with Crippen molar-refractivity contribution in [3.8, 4) is 0 Å². The zero-order chi connectivity index (χ0) is 12.2. The summed E-state index contributed by atoms with van der Waals surface area (Å²) in [5, 5.41) is 9.04. The highest BCUT2D eigenvalue weighted by Gasteiger charge is 1.96. The molecule has 0 aliphatic rings. The Bertz CT molecular complexity index is 216. The van der Waals surface area contributed by atoms with Crippen molar-refractivity contribution in [1.82, 2.24) is 16.0 Å². The standard InChI is InChI=1S/C11H24N4O/c1-4-6-7-14-11(12-5-2)15-9-8-13-10(3)16/h4-9H2,1-3H3,(H,13,16)(H2,12,14,15). The monoisotopic (exact) mass is 228 g/mol. The van der Waals surface area contributed by atoms with Gasteiger partial charge >= 0.3 is 0 Å². The van der Waals surface area contributed by atoms with Gasteiger partial charge in [-0.3, -0.25) is 9.79 Å². The molecule has 5 heteroatoms. The average Bonchev–Trinajstić information content (AvgIpc) is 2.24. The van der Waals surface area contributed by atoms with Crippen LogP contribution in [-0.4, -0.2) is 38.0 Å². The highest BCUT2D eigenvalue weighted by atomic mass is 16.1. The quantitative estimate of drug-likeness (QED) is 0.337. The van der Waals surface area contributed by atoms with Gasteiger partial charge in [-0.15, -0.1) is 0 Å². The van der Waals surface area contributed by atoms with E-state index in [2.05, 4.69) is 27.9 Å². The smallest absolute Gasteiger partial charge is 0.216 e. The Morgan fingerprint density at radius 2 is 1.81 bits per heavy atom. The average molecular weight is 228 g/mol. The van der Waals surface area contributed by atoms with Gasteiger partial charge in [-0.25, -0.2) is 0 Å². The van der Waals surface area contributed by atoms with Crippen LogP contribution in [0.3, 0.4) is 0 Å².